The average molecular weight is 559 g/mol. The molecule has 5 rings (SSSR count). The van der Waals surface area contributed by atoms with Crippen molar-refractivity contribution in [3.63, 3.8) is 0 Å². The van der Waals surface area contributed by atoms with Crippen LogP contribution < -0.4 is 0 Å². The number of likely N-dealkylation sites (N-methyl/N-ethyl adjacent to an activating group) is 1. The van der Waals surface area contributed by atoms with Crippen LogP contribution in [0.3, 0.4) is 0 Å². The number of fused-ring (bicyclic) bond motifs is 3. The van der Waals surface area contributed by atoms with Crippen molar-refractivity contribution in [2.75, 3.05) is 27.3 Å². The lowest BCUT2D eigenvalue weighted by Gasteiger charge is -2.27. The fourth-order valence-corrected chi connectivity index (χ4v) is 5.42. The van der Waals surface area contributed by atoms with Crippen molar-refractivity contribution in [2.45, 2.75) is 43.9 Å². The quantitative estimate of drug-likeness (QED) is 0.365. The monoisotopic (exact) mass is 558 g/mol. The number of aliphatic carboxylic acids is 1. The normalized spacial score (nSPS) is 16.8. The molecule has 1 aliphatic heterocycles. The summed E-state index contributed by atoms with van der Waals surface area (Å²) < 4.78 is 11.2. The van der Waals surface area contributed by atoms with E-state index in [1.54, 1.807) is 24.3 Å². The summed E-state index contributed by atoms with van der Waals surface area (Å²) in [4.78, 5) is 44.7. The summed E-state index contributed by atoms with van der Waals surface area (Å²) in [5.41, 5.74) is 5.44. The third kappa shape index (κ3) is 6.26. The standard InChI is InChI=1S/C32H34N2O7/c1-33(32(38)40-20-27-25-11-5-3-9-23(25)24-10-4-6-12-26(24)27)28(31(36)37)19-21-14-16-22(17-15-21)30(35)34(2)41-29-13-7-8-18-39-29/h3-6,9-12,14-17,27-29H,7-8,13,18-20H2,1-2H3,(H,36,37). The van der Waals surface area contributed by atoms with Gasteiger partial charge in [0, 0.05) is 45.0 Å². The Hall–Kier alpha value is -4.21. The van der Waals surface area contributed by atoms with E-state index in [4.69, 9.17) is 14.3 Å². The number of nitrogens with zero attached hydrogens (tertiary/aromatic N) is 2. The molecule has 1 fully saturated rings. The first-order chi connectivity index (χ1) is 19.8. The average Bonchev–Trinajstić information content (AvgIpc) is 3.32. The third-order valence-corrected chi connectivity index (χ3v) is 7.71. The van der Waals surface area contributed by atoms with Crippen LogP contribution in [0.2, 0.25) is 0 Å². The Labute approximate surface area is 239 Å². The van der Waals surface area contributed by atoms with E-state index >= 15 is 0 Å². The minimum atomic E-state index is -1.15. The second kappa shape index (κ2) is 12.5. The Balaban J connectivity index is 1.20. The number of carbonyl (C=O) groups excluding carboxylic acids is 2. The van der Waals surface area contributed by atoms with Crippen LogP contribution in [0, 0.1) is 0 Å². The van der Waals surface area contributed by atoms with E-state index in [2.05, 4.69) is 12.1 Å². The molecular weight excluding hydrogens is 524 g/mol. The molecule has 0 spiro atoms. The van der Waals surface area contributed by atoms with Crippen LogP contribution in [-0.4, -0.2) is 72.7 Å². The SMILES string of the molecule is CN(OC1CCCCO1)C(=O)c1ccc(CC(C(=O)O)N(C)C(=O)OCC2c3ccccc3-c3ccccc32)cc1. The zero-order chi connectivity index (χ0) is 28.9. The van der Waals surface area contributed by atoms with Gasteiger partial charge in [0.1, 0.15) is 12.6 Å². The second-order valence-electron chi connectivity index (χ2n) is 10.4. The summed E-state index contributed by atoms with van der Waals surface area (Å²) in [5, 5.41) is 11.1. The van der Waals surface area contributed by atoms with Gasteiger partial charge in [-0.15, -0.1) is 0 Å². The van der Waals surface area contributed by atoms with E-state index < -0.39 is 24.4 Å². The number of carbonyl (C=O) groups is 3. The second-order valence-corrected chi connectivity index (χ2v) is 10.4. The van der Waals surface area contributed by atoms with Crippen molar-refractivity contribution in [1.29, 1.82) is 0 Å². The minimum Gasteiger partial charge on any atom is -0.480 e. The molecular formula is C32H34N2O7. The van der Waals surface area contributed by atoms with E-state index in [1.165, 1.54) is 14.1 Å². The molecule has 9 nitrogen and oxygen atoms in total. The van der Waals surface area contributed by atoms with Gasteiger partial charge in [-0.1, -0.05) is 60.7 Å². The van der Waals surface area contributed by atoms with Crippen molar-refractivity contribution in [3.05, 3.63) is 95.1 Å². The van der Waals surface area contributed by atoms with E-state index in [-0.39, 0.29) is 24.9 Å². The molecule has 9 heteroatoms. The molecule has 2 atom stereocenters. The minimum absolute atomic E-state index is 0.0484. The summed E-state index contributed by atoms with van der Waals surface area (Å²) in [7, 11) is 2.97. The molecule has 1 heterocycles. The van der Waals surface area contributed by atoms with Gasteiger partial charge in [-0.05, 0) is 52.8 Å². The molecule has 2 unspecified atom stereocenters. The van der Waals surface area contributed by atoms with Gasteiger partial charge in [-0.3, -0.25) is 9.69 Å². The third-order valence-electron chi connectivity index (χ3n) is 7.71. The van der Waals surface area contributed by atoms with E-state index in [1.807, 2.05) is 36.4 Å². The number of hydrogen-bond acceptors (Lipinski definition) is 6. The van der Waals surface area contributed by atoms with Crippen LogP contribution in [0.4, 0.5) is 4.79 Å². The summed E-state index contributed by atoms with van der Waals surface area (Å²) >= 11 is 0. The number of rotatable bonds is 9. The summed E-state index contributed by atoms with van der Waals surface area (Å²) in [6, 6.07) is 21.5. The number of carboxylic acid groups (broad SMARTS) is 1. The topological polar surface area (TPSA) is 106 Å². The van der Waals surface area contributed by atoms with Gasteiger partial charge < -0.3 is 14.6 Å². The first-order valence-corrected chi connectivity index (χ1v) is 13.8. The number of hydrogen-bond donors (Lipinski definition) is 1. The number of hydroxylamine groups is 2. The van der Waals surface area contributed by atoms with Crippen molar-refractivity contribution in [1.82, 2.24) is 9.96 Å². The van der Waals surface area contributed by atoms with Crippen LogP contribution in [0.25, 0.3) is 11.1 Å². The highest BCUT2D eigenvalue weighted by Crippen LogP contribution is 2.44. The lowest BCUT2D eigenvalue weighted by molar-refractivity contribution is -0.258. The van der Waals surface area contributed by atoms with Gasteiger partial charge in [0.15, 0.2) is 6.29 Å². The first-order valence-electron chi connectivity index (χ1n) is 13.8. The maximum Gasteiger partial charge on any atom is 0.410 e. The largest absolute Gasteiger partial charge is 0.480 e. The Morgan fingerprint density at radius 1 is 0.927 bits per heavy atom. The maximum absolute atomic E-state index is 13.0. The van der Waals surface area contributed by atoms with Crippen molar-refractivity contribution < 1.29 is 33.8 Å². The molecule has 0 bridgehead atoms. The molecule has 41 heavy (non-hydrogen) atoms. The number of ether oxygens (including phenoxy) is 2. The van der Waals surface area contributed by atoms with Gasteiger partial charge in [0.2, 0.25) is 0 Å². The number of amides is 2. The maximum atomic E-state index is 13.0. The van der Waals surface area contributed by atoms with Crippen LogP contribution >= 0.6 is 0 Å². The molecule has 2 amide bonds. The van der Waals surface area contributed by atoms with Crippen molar-refractivity contribution in [3.8, 4) is 11.1 Å². The van der Waals surface area contributed by atoms with Gasteiger partial charge in [-0.25, -0.2) is 19.5 Å². The smallest absolute Gasteiger partial charge is 0.410 e. The molecule has 214 valence electrons. The predicted molar refractivity (Wildman–Crippen MR) is 151 cm³/mol. The van der Waals surface area contributed by atoms with Gasteiger partial charge in [0.05, 0.1) is 0 Å². The highest BCUT2D eigenvalue weighted by atomic mass is 16.8. The molecule has 2 aliphatic rings. The van der Waals surface area contributed by atoms with E-state index in [0.29, 0.717) is 17.7 Å². The Kier molecular flexibility index (Phi) is 8.66. The molecule has 0 saturated carbocycles. The molecule has 3 aromatic carbocycles. The summed E-state index contributed by atoms with van der Waals surface area (Å²) in [5.74, 6) is -1.61. The van der Waals surface area contributed by atoms with Crippen molar-refractivity contribution in [2.24, 2.45) is 0 Å². The van der Waals surface area contributed by atoms with Crippen LogP contribution in [0.15, 0.2) is 72.8 Å². The predicted octanol–water partition coefficient (Wildman–Crippen LogP) is 5.09. The van der Waals surface area contributed by atoms with E-state index in [9.17, 15) is 19.5 Å². The highest BCUT2D eigenvalue weighted by molar-refractivity contribution is 5.93. The first kappa shape index (κ1) is 28.3. The van der Waals surface area contributed by atoms with Crippen LogP contribution in [0.5, 0.6) is 0 Å². The fraction of sp³-hybridized carbons (Fsp3) is 0.344. The highest BCUT2D eigenvalue weighted by Gasteiger charge is 2.32. The molecule has 1 aliphatic carbocycles. The van der Waals surface area contributed by atoms with Crippen LogP contribution in [0.1, 0.15) is 52.2 Å². The zero-order valence-electron chi connectivity index (χ0n) is 23.2. The Morgan fingerprint density at radius 3 is 2.15 bits per heavy atom. The lowest BCUT2D eigenvalue weighted by atomic mass is 9.98. The lowest BCUT2D eigenvalue weighted by Crippen LogP contribution is -2.44. The molecule has 1 saturated heterocycles. The van der Waals surface area contributed by atoms with Gasteiger partial charge >= 0.3 is 12.1 Å². The number of carboxylic acids is 1. The fourth-order valence-electron chi connectivity index (χ4n) is 5.42. The molecule has 0 radical (unpaired) electrons. The molecule has 0 aromatic heterocycles. The Morgan fingerprint density at radius 2 is 1.56 bits per heavy atom. The molecule has 1 N–H and O–H groups in total. The summed E-state index contributed by atoms with van der Waals surface area (Å²) in [6.45, 7) is 0.707. The number of benzene rings is 3. The zero-order valence-corrected chi connectivity index (χ0v) is 23.2. The van der Waals surface area contributed by atoms with Crippen LogP contribution in [-0.2, 0) is 25.5 Å². The Bertz CT molecular complexity index is 1360. The van der Waals surface area contributed by atoms with Crippen molar-refractivity contribution >= 4 is 18.0 Å². The molecule has 3 aromatic rings. The van der Waals surface area contributed by atoms with Gasteiger partial charge in [-0.2, -0.15) is 0 Å². The van der Waals surface area contributed by atoms with E-state index in [0.717, 1.165) is 51.5 Å². The van der Waals surface area contributed by atoms with Gasteiger partial charge in [0.25, 0.3) is 5.91 Å². The summed E-state index contributed by atoms with van der Waals surface area (Å²) in [6.07, 6.45) is 1.58.